The molecule has 0 aliphatic rings. The number of amides is 2. The van der Waals surface area contributed by atoms with Crippen molar-refractivity contribution in [2.45, 2.75) is 26.9 Å². The minimum atomic E-state index is -0.804. The average molecular weight is 534 g/mol. The van der Waals surface area contributed by atoms with Crippen LogP contribution in [0.5, 0.6) is 5.75 Å². The first-order chi connectivity index (χ1) is 18.7. The predicted octanol–water partition coefficient (Wildman–Crippen LogP) is 2.89. The number of anilines is 2. The standard InChI is InChI=1S/C25H27N9O5/c1-4-33-19(12-15(2)31-33)24(36)30-25-29-17-8-7-10-28-23(17)32(25)11-6-5-9-27-21-18(34(37)38)13-16(22(26)35)14-20(21)39-3/h5-8,10,12-14,27H,4,9,11H2,1-3H3,(H2,26,35)(H,29,30,36)/b6-5+. The maximum absolute atomic E-state index is 13.0. The molecular formula is C25H27N9O5. The summed E-state index contributed by atoms with van der Waals surface area (Å²) in [7, 11) is 1.34. The van der Waals surface area contributed by atoms with Gasteiger partial charge in [0.25, 0.3) is 11.6 Å². The Bertz CT molecular complexity index is 1590. The number of allylic oxidation sites excluding steroid dienone is 1. The summed E-state index contributed by atoms with van der Waals surface area (Å²) in [6.45, 7) is 4.76. The molecule has 0 unspecified atom stereocenters. The first kappa shape index (κ1) is 26.8. The SMILES string of the molecule is CCn1nc(C)cc1C(=O)Nc1nc2cccnc2n1C/C=C/CNc1c(OC)cc(C(N)=O)cc1[N+](=O)[O-]. The van der Waals surface area contributed by atoms with Gasteiger partial charge in [0, 0.05) is 37.5 Å². The summed E-state index contributed by atoms with van der Waals surface area (Å²) in [5.74, 6) is -0.727. The van der Waals surface area contributed by atoms with Gasteiger partial charge in [-0.05, 0) is 38.1 Å². The molecule has 4 rings (SSSR count). The fourth-order valence-corrected chi connectivity index (χ4v) is 4.01. The highest BCUT2D eigenvalue weighted by Crippen LogP contribution is 2.35. The van der Waals surface area contributed by atoms with Crippen LogP contribution in [0.2, 0.25) is 0 Å². The van der Waals surface area contributed by atoms with Gasteiger partial charge in [-0.3, -0.25) is 34.3 Å². The molecule has 4 N–H and O–H groups in total. The quantitative estimate of drug-likeness (QED) is 0.148. The molecule has 1 aromatic carbocycles. The maximum atomic E-state index is 13.0. The first-order valence-corrected chi connectivity index (χ1v) is 12.0. The molecule has 39 heavy (non-hydrogen) atoms. The highest BCUT2D eigenvalue weighted by atomic mass is 16.6. The van der Waals surface area contributed by atoms with E-state index >= 15 is 0 Å². The van der Waals surface area contributed by atoms with Crippen LogP contribution >= 0.6 is 0 Å². The van der Waals surface area contributed by atoms with E-state index in [1.165, 1.54) is 13.2 Å². The summed E-state index contributed by atoms with van der Waals surface area (Å²) in [6.07, 6.45) is 5.18. The third-order valence-corrected chi connectivity index (χ3v) is 5.80. The van der Waals surface area contributed by atoms with E-state index in [9.17, 15) is 19.7 Å². The topological polar surface area (TPSA) is 185 Å². The number of aromatic nitrogens is 5. The highest BCUT2D eigenvalue weighted by Gasteiger charge is 2.22. The second-order valence-corrected chi connectivity index (χ2v) is 8.38. The third kappa shape index (κ3) is 5.69. The number of carbonyl (C=O) groups excluding carboxylic acids is 2. The van der Waals surface area contributed by atoms with Crippen LogP contribution in [-0.2, 0) is 13.1 Å². The van der Waals surface area contributed by atoms with Crippen LogP contribution in [0.3, 0.4) is 0 Å². The number of methoxy groups -OCH3 is 1. The molecule has 0 fully saturated rings. The Labute approximate surface area is 222 Å². The van der Waals surface area contributed by atoms with Crippen LogP contribution in [0, 0.1) is 17.0 Å². The molecule has 0 aliphatic carbocycles. The predicted molar refractivity (Wildman–Crippen MR) is 144 cm³/mol. The van der Waals surface area contributed by atoms with Gasteiger partial charge in [0.2, 0.25) is 11.9 Å². The van der Waals surface area contributed by atoms with Crippen LogP contribution in [0.25, 0.3) is 11.2 Å². The van der Waals surface area contributed by atoms with Gasteiger partial charge >= 0.3 is 0 Å². The zero-order valence-electron chi connectivity index (χ0n) is 21.5. The molecule has 2 amide bonds. The molecule has 3 aromatic heterocycles. The third-order valence-electron chi connectivity index (χ3n) is 5.80. The van der Waals surface area contributed by atoms with E-state index in [-0.39, 0.29) is 35.1 Å². The summed E-state index contributed by atoms with van der Waals surface area (Å²) in [4.78, 5) is 44.4. The average Bonchev–Trinajstić information content (AvgIpc) is 3.47. The van der Waals surface area contributed by atoms with E-state index in [2.05, 4.69) is 25.7 Å². The van der Waals surface area contributed by atoms with Crippen LogP contribution in [0.1, 0.15) is 33.5 Å². The maximum Gasteiger partial charge on any atom is 0.296 e. The second-order valence-electron chi connectivity index (χ2n) is 8.38. The monoisotopic (exact) mass is 533 g/mol. The summed E-state index contributed by atoms with van der Waals surface area (Å²) in [5.41, 5.74) is 7.34. The molecule has 14 nitrogen and oxygen atoms in total. The molecule has 0 atom stereocenters. The lowest BCUT2D eigenvalue weighted by atomic mass is 10.1. The zero-order chi connectivity index (χ0) is 28.1. The number of nitrogens with two attached hydrogens (primary N) is 1. The van der Waals surface area contributed by atoms with Gasteiger partial charge < -0.3 is 15.8 Å². The van der Waals surface area contributed by atoms with Gasteiger partial charge in [-0.1, -0.05) is 12.2 Å². The minimum absolute atomic E-state index is 0.0362. The number of hydrogen-bond acceptors (Lipinski definition) is 9. The van der Waals surface area contributed by atoms with Crippen LogP contribution < -0.4 is 21.1 Å². The molecule has 0 saturated heterocycles. The number of ether oxygens (including phenoxy) is 1. The number of aryl methyl sites for hydroxylation is 2. The number of nitro groups is 1. The number of primary amides is 1. The highest BCUT2D eigenvalue weighted by molar-refractivity contribution is 6.03. The fourth-order valence-electron chi connectivity index (χ4n) is 4.01. The number of nitrogens with zero attached hydrogens (tertiary/aromatic N) is 6. The number of benzene rings is 1. The van der Waals surface area contributed by atoms with Gasteiger partial charge in [-0.2, -0.15) is 5.10 Å². The molecule has 4 aromatic rings. The molecule has 202 valence electrons. The molecule has 0 saturated carbocycles. The van der Waals surface area contributed by atoms with E-state index in [1.807, 2.05) is 13.8 Å². The van der Waals surface area contributed by atoms with Gasteiger partial charge in [0.1, 0.15) is 17.0 Å². The molecule has 0 aliphatic heterocycles. The van der Waals surface area contributed by atoms with Crippen LogP contribution in [-0.4, -0.2) is 54.7 Å². The van der Waals surface area contributed by atoms with E-state index in [0.717, 1.165) is 11.8 Å². The normalized spacial score (nSPS) is 11.2. The van der Waals surface area contributed by atoms with Crippen molar-refractivity contribution < 1.29 is 19.2 Å². The molecular weight excluding hydrogens is 506 g/mol. The van der Waals surface area contributed by atoms with E-state index in [4.69, 9.17) is 10.5 Å². The summed E-state index contributed by atoms with van der Waals surface area (Å²) < 4.78 is 8.59. The van der Waals surface area contributed by atoms with Crippen LogP contribution in [0.4, 0.5) is 17.3 Å². The fraction of sp³-hybridized carbons (Fsp3) is 0.240. The Balaban J connectivity index is 1.53. The van der Waals surface area contributed by atoms with Gasteiger partial charge in [0.05, 0.1) is 17.7 Å². The molecule has 0 spiro atoms. The largest absolute Gasteiger partial charge is 0.494 e. The lowest BCUT2D eigenvalue weighted by Crippen LogP contribution is -2.20. The Morgan fingerprint density at radius 2 is 2.05 bits per heavy atom. The number of rotatable bonds is 11. The van der Waals surface area contributed by atoms with Crippen molar-refractivity contribution in [1.29, 1.82) is 0 Å². The summed E-state index contributed by atoms with van der Waals surface area (Å²) in [6, 6.07) is 7.69. The van der Waals surface area contributed by atoms with Crippen molar-refractivity contribution in [2.24, 2.45) is 5.73 Å². The van der Waals surface area contributed by atoms with Gasteiger partial charge in [0.15, 0.2) is 11.3 Å². The Hall–Kier alpha value is -5.27. The minimum Gasteiger partial charge on any atom is -0.494 e. The van der Waals surface area contributed by atoms with E-state index in [0.29, 0.717) is 35.9 Å². The number of nitrogens with one attached hydrogen (secondary N) is 2. The lowest BCUT2D eigenvalue weighted by Gasteiger charge is -2.11. The van der Waals surface area contributed by atoms with E-state index < -0.39 is 10.8 Å². The van der Waals surface area contributed by atoms with Crippen molar-refractivity contribution >= 4 is 40.3 Å². The summed E-state index contributed by atoms with van der Waals surface area (Å²) in [5, 5.41) is 21.7. The number of nitro benzene ring substituents is 1. The number of fused-ring (bicyclic) bond motifs is 1. The van der Waals surface area contributed by atoms with Crippen molar-refractivity contribution in [2.75, 3.05) is 24.3 Å². The molecule has 0 bridgehead atoms. The second kappa shape index (κ2) is 11.4. The van der Waals surface area contributed by atoms with Crippen molar-refractivity contribution in [3.8, 4) is 5.75 Å². The van der Waals surface area contributed by atoms with Gasteiger partial charge in [-0.25, -0.2) is 9.97 Å². The zero-order valence-corrected chi connectivity index (χ0v) is 21.5. The number of hydrogen-bond donors (Lipinski definition) is 3. The van der Waals surface area contributed by atoms with E-state index in [1.54, 1.807) is 45.8 Å². The Morgan fingerprint density at radius 1 is 1.26 bits per heavy atom. The van der Waals surface area contributed by atoms with Crippen LogP contribution in [0.15, 0.2) is 48.7 Å². The molecule has 0 radical (unpaired) electrons. The first-order valence-electron chi connectivity index (χ1n) is 12.0. The van der Waals surface area contributed by atoms with Gasteiger partial charge in [-0.15, -0.1) is 0 Å². The smallest absolute Gasteiger partial charge is 0.296 e. The Morgan fingerprint density at radius 3 is 2.74 bits per heavy atom. The van der Waals surface area contributed by atoms with Crippen molar-refractivity contribution in [1.82, 2.24) is 24.3 Å². The number of imidazole rings is 1. The van der Waals surface area contributed by atoms with Crippen molar-refractivity contribution in [3.63, 3.8) is 0 Å². The van der Waals surface area contributed by atoms with Crippen molar-refractivity contribution in [3.05, 3.63) is 75.7 Å². The summed E-state index contributed by atoms with van der Waals surface area (Å²) >= 11 is 0. The number of carbonyl (C=O) groups is 2. The molecule has 3 heterocycles. The molecule has 14 heteroatoms. The Kier molecular flexibility index (Phi) is 7.84. The lowest BCUT2D eigenvalue weighted by molar-refractivity contribution is -0.384. The number of pyridine rings is 1.